The molecule has 1 aliphatic rings. The lowest BCUT2D eigenvalue weighted by atomic mass is 10.2. The van der Waals surface area contributed by atoms with E-state index in [1.807, 2.05) is 22.0 Å². The molecule has 0 radical (unpaired) electrons. The number of aliphatic hydroxyl groups is 1. The molecule has 1 N–H and O–H groups in total. The number of nitrogens with zero attached hydrogens (tertiary/aromatic N) is 3. The second-order valence-corrected chi connectivity index (χ2v) is 5.56. The lowest BCUT2D eigenvalue weighted by Gasteiger charge is -2.21. The first-order valence-corrected chi connectivity index (χ1v) is 6.58. The van der Waals surface area contributed by atoms with E-state index in [2.05, 4.69) is 18.9 Å². The molecule has 0 amide bonds. The van der Waals surface area contributed by atoms with E-state index in [1.165, 1.54) is 0 Å². The van der Waals surface area contributed by atoms with Crippen LogP contribution in [0, 0.1) is 5.92 Å². The third kappa shape index (κ3) is 3.29. The number of hydrogen-bond donors (Lipinski definition) is 1. The minimum absolute atomic E-state index is 0.0283. The van der Waals surface area contributed by atoms with E-state index in [9.17, 15) is 9.50 Å². The maximum atomic E-state index is 13.3. The van der Waals surface area contributed by atoms with Crippen molar-refractivity contribution in [3.05, 3.63) is 18.0 Å². The van der Waals surface area contributed by atoms with E-state index < -0.39 is 6.17 Å². The van der Waals surface area contributed by atoms with Gasteiger partial charge in [0.25, 0.3) is 0 Å². The van der Waals surface area contributed by atoms with Gasteiger partial charge in [-0.2, -0.15) is 5.10 Å². The fraction of sp³-hybridized carbons (Fsp3) is 0.769. The van der Waals surface area contributed by atoms with Crippen LogP contribution in [-0.2, 0) is 13.1 Å². The predicted octanol–water partition coefficient (Wildman–Crippen LogP) is 1.44. The van der Waals surface area contributed by atoms with Gasteiger partial charge in [0, 0.05) is 37.4 Å². The van der Waals surface area contributed by atoms with E-state index >= 15 is 0 Å². The second kappa shape index (κ2) is 5.80. The molecule has 1 aromatic rings. The SMILES string of the molecule is CC(C)Cn1cc(CN2C[C@@H](F)C[C@H]2CO)cn1. The summed E-state index contributed by atoms with van der Waals surface area (Å²) >= 11 is 0. The van der Waals surface area contributed by atoms with Gasteiger partial charge in [-0.1, -0.05) is 13.8 Å². The molecule has 0 unspecified atom stereocenters. The van der Waals surface area contributed by atoms with Crippen molar-refractivity contribution in [1.29, 1.82) is 0 Å². The third-order valence-electron chi connectivity index (χ3n) is 3.31. The summed E-state index contributed by atoms with van der Waals surface area (Å²) in [5.74, 6) is 0.560. The van der Waals surface area contributed by atoms with Gasteiger partial charge in [-0.3, -0.25) is 9.58 Å². The molecule has 18 heavy (non-hydrogen) atoms. The number of aromatic nitrogens is 2. The standard InChI is InChI=1S/C13H22FN3O/c1-10(2)5-17-7-11(4-15-17)6-16-8-12(14)3-13(16)9-18/h4,7,10,12-13,18H,3,5-6,8-9H2,1-2H3/t12-,13-/m0/s1. The van der Waals surface area contributed by atoms with E-state index in [4.69, 9.17) is 0 Å². The molecule has 5 heteroatoms. The first-order valence-electron chi connectivity index (χ1n) is 6.58. The van der Waals surface area contributed by atoms with Crippen molar-refractivity contribution in [2.75, 3.05) is 13.2 Å². The zero-order valence-corrected chi connectivity index (χ0v) is 11.1. The monoisotopic (exact) mass is 255 g/mol. The molecule has 0 aliphatic carbocycles. The Morgan fingerprint density at radius 3 is 3.00 bits per heavy atom. The Morgan fingerprint density at radius 2 is 2.33 bits per heavy atom. The highest BCUT2D eigenvalue weighted by Crippen LogP contribution is 2.22. The average molecular weight is 255 g/mol. The van der Waals surface area contributed by atoms with Crippen molar-refractivity contribution in [3.63, 3.8) is 0 Å². The molecule has 1 aromatic heterocycles. The van der Waals surface area contributed by atoms with Crippen LogP contribution in [-0.4, -0.2) is 45.2 Å². The van der Waals surface area contributed by atoms with Gasteiger partial charge in [0.2, 0.25) is 0 Å². The summed E-state index contributed by atoms with van der Waals surface area (Å²) in [5, 5.41) is 13.5. The highest BCUT2D eigenvalue weighted by molar-refractivity contribution is 5.05. The molecule has 102 valence electrons. The van der Waals surface area contributed by atoms with Gasteiger partial charge in [0.15, 0.2) is 0 Å². The van der Waals surface area contributed by atoms with Crippen LogP contribution in [0.1, 0.15) is 25.8 Å². The van der Waals surface area contributed by atoms with Gasteiger partial charge in [-0.05, 0) is 12.3 Å². The van der Waals surface area contributed by atoms with Crippen LogP contribution in [0.15, 0.2) is 12.4 Å². The van der Waals surface area contributed by atoms with Crippen LogP contribution in [0.25, 0.3) is 0 Å². The molecule has 1 saturated heterocycles. The zero-order valence-electron chi connectivity index (χ0n) is 11.1. The summed E-state index contributed by atoms with van der Waals surface area (Å²) in [6.45, 7) is 6.31. The number of likely N-dealkylation sites (tertiary alicyclic amines) is 1. The number of rotatable bonds is 5. The minimum atomic E-state index is -0.812. The Balaban J connectivity index is 1.94. The van der Waals surface area contributed by atoms with Gasteiger partial charge in [-0.15, -0.1) is 0 Å². The molecular formula is C13H22FN3O. The summed E-state index contributed by atoms with van der Waals surface area (Å²) in [5.41, 5.74) is 1.09. The fourth-order valence-corrected chi connectivity index (χ4v) is 2.50. The van der Waals surface area contributed by atoms with Gasteiger partial charge >= 0.3 is 0 Å². The summed E-state index contributed by atoms with van der Waals surface area (Å²) in [6, 6.07) is -0.0477. The number of hydrogen-bond acceptors (Lipinski definition) is 3. The highest BCUT2D eigenvalue weighted by Gasteiger charge is 2.31. The molecule has 2 atom stereocenters. The molecule has 1 aliphatic heterocycles. The Kier molecular flexibility index (Phi) is 4.35. The maximum Gasteiger partial charge on any atom is 0.114 e. The quantitative estimate of drug-likeness (QED) is 0.865. The van der Waals surface area contributed by atoms with Crippen LogP contribution in [0.5, 0.6) is 0 Å². The van der Waals surface area contributed by atoms with Crippen molar-refractivity contribution < 1.29 is 9.50 Å². The summed E-state index contributed by atoms with van der Waals surface area (Å²) in [6.07, 6.45) is 3.48. The smallest absolute Gasteiger partial charge is 0.114 e. The molecular weight excluding hydrogens is 233 g/mol. The summed E-state index contributed by atoms with van der Waals surface area (Å²) < 4.78 is 15.2. The predicted molar refractivity (Wildman–Crippen MR) is 67.9 cm³/mol. The minimum Gasteiger partial charge on any atom is -0.395 e. The van der Waals surface area contributed by atoms with Gasteiger partial charge in [0.05, 0.1) is 12.8 Å². The Hall–Kier alpha value is -0.940. The highest BCUT2D eigenvalue weighted by atomic mass is 19.1. The molecule has 4 nitrogen and oxygen atoms in total. The normalized spacial score (nSPS) is 25.2. The Labute approximate surface area is 107 Å². The van der Waals surface area contributed by atoms with Crippen molar-refractivity contribution in [1.82, 2.24) is 14.7 Å². The number of aliphatic hydroxyl groups excluding tert-OH is 1. The fourth-order valence-electron chi connectivity index (χ4n) is 2.50. The third-order valence-corrected chi connectivity index (χ3v) is 3.31. The van der Waals surface area contributed by atoms with Gasteiger partial charge < -0.3 is 5.11 Å². The van der Waals surface area contributed by atoms with Crippen LogP contribution < -0.4 is 0 Å². The number of halogens is 1. The van der Waals surface area contributed by atoms with Crippen LogP contribution in [0.3, 0.4) is 0 Å². The molecule has 0 bridgehead atoms. The molecule has 2 heterocycles. The van der Waals surface area contributed by atoms with Gasteiger partial charge in [0.1, 0.15) is 6.17 Å². The van der Waals surface area contributed by atoms with Crippen molar-refractivity contribution in [2.24, 2.45) is 5.92 Å². The average Bonchev–Trinajstić information content (AvgIpc) is 2.85. The maximum absolute atomic E-state index is 13.3. The first-order chi connectivity index (χ1) is 8.58. The number of alkyl halides is 1. The lowest BCUT2D eigenvalue weighted by molar-refractivity contribution is 0.153. The van der Waals surface area contributed by atoms with Crippen LogP contribution in [0.2, 0.25) is 0 Å². The Bertz CT molecular complexity index is 380. The summed E-state index contributed by atoms with van der Waals surface area (Å²) in [7, 11) is 0. The van der Waals surface area contributed by atoms with Crippen molar-refractivity contribution in [3.8, 4) is 0 Å². The molecule has 0 aromatic carbocycles. The van der Waals surface area contributed by atoms with E-state index in [0.29, 0.717) is 25.4 Å². The largest absolute Gasteiger partial charge is 0.395 e. The molecule has 2 rings (SSSR count). The molecule has 0 saturated carbocycles. The Morgan fingerprint density at radius 1 is 1.56 bits per heavy atom. The van der Waals surface area contributed by atoms with E-state index in [0.717, 1.165) is 12.1 Å². The lowest BCUT2D eigenvalue weighted by Crippen LogP contribution is -2.31. The first kappa shape index (κ1) is 13.5. The van der Waals surface area contributed by atoms with Crippen molar-refractivity contribution in [2.45, 2.75) is 45.6 Å². The summed E-state index contributed by atoms with van der Waals surface area (Å²) in [4.78, 5) is 2.00. The molecule has 0 spiro atoms. The van der Waals surface area contributed by atoms with E-state index in [-0.39, 0.29) is 12.6 Å². The topological polar surface area (TPSA) is 41.3 Å². The molecule has 1 fully saturated rings. The zero-order chi connectivity index (χ0) is 13.1. The van der Waals surface area contributed by atoms with Crippen LogP contribution in [0.4, 0.5) is 4.39 Å². The van der Waals surface area contributed by atoms with Crippen LogP contribution >= 0.6 is 0 Å². The van der Waals surface area contributed by atoms with Crippen molar-refractivity contribution >= 4 is 0 Å². The van der Waals surface area contributed by atoms with E-state index in [1.54, 1.807) is 0 Å². The van der Waals surface area contributed by atoms with Gasteiger partial charge in [-0.25, -0.2) is 4.39 Å². The second-order valence-electron chi connectivity index (χ2n) is 5.56.